The lowest BCUT2D eigenvalue weighted by atomic mass is 9.74. The van der Waals surface area contributed by atoms with Gasteiger partial charge >= 0.3 is 0 Å². The second-order valence-corrected chi connectivity index (χ2v) is 38.8. The van der Waals surface area contributed by atoms with E-state index >= 15 is 0 Å². The fraction of sp³-hybridized carbons (Fsp3) is 0.172. The van der Waals surface area contributed by atoms with Crippen molar-refractivity contribution in [3.8, 4) is 0 Å². The van der Waals surface area contributed by atoms with Gasteiger partial charge in [-0.15, -0.1) is 12.6 Å². The smallest absolute Gasteiger partial charge is 0.294 e. The molecule has 0 aliphatic carbocycles. The number of hydrogen-bond acceptors (Lipinski definition) is 18. The first kappa shape index (κ1) is 66.7. The van der Waals surface area contributed by atoms with Gasteiger partial charge in [0.25, 0.3) is 10.1 Å². The van der Waals surface area contributed by atoms with Crippen molar-refractivity contribution < 1.29 is 80.7 Å². The molecule has 8 aromatic carbocycles. The maximum atomic E-state index is 14.5. The van der Waals surface area contributed by atoms with Crippen LogP contribution in [0.3, 0.4) is 0 Å². The third kappa shape index (κ3) is 12.3. The van der Waals surface area contributed by atoms with Gasteiger partial charge in [0.05, 0.1) is 78.2 Å². The van der Waals surface area contributed by atoms with Crippen LogP contribution < -0.4 is 0 Å². The summed E-state index contributed by atoms with van der Waals surface area (Å²) in [4.78, 5) is -5.30. The van der Waals surface area contributed by atoms with E-state index in [1.54, 1.807) is 34.6 Å². The largest absolute Gasteiger partial charge is 0.302 e. The molecule has 0 heterocycles. The molecule has 19 nitrogen and oxygen atoms in total. The van der Waals surface area contributed by atoms with Gasteiger partial charge in [-0.3, -0.25) is 4.55 Å². The fourth-order valence-corrected chi connectivity index (χ4v) is 20.8. The van der Waals surface area contributed by atoms with Gasteiger partial charge in [-0.1, -0.05) is 52.8 Å². The van der Waals surface area contributed by atoms with E-state index in [4.69, 9.17) is 0 Å². The van der Waals surface area contributed by atoms with Crippen LogP contribution in [0.25, 0.3) is 0 Å². The minimum atomic E-state index is -4.87. The van der Waals surface area contributed by atoms with Crippen LogP contribution in [0.1, 0.15) is 59.6 Å². The van der Waals surface area contributed by atoms with Crippen molar-refractivity contribution >= 4 is 103 Å². The fourth-order valence-electron chi connectivity index (χ4n) is 9.16. The number of benzene rings is 8. The van der Waals surface area contributed by atoms with E-state index in [2.05, 4.69) is 12.6 Å². The highest BCUT2D eigenvalue weighted by Gasteiger charge is 2.49. The predicted octanol–water partition coefficient (Wildman–Crippen LogP) is 9.63. The van der Waals surface area contributed by atoms with Crippen molar-refractivity contribution in [1.29, 1.82) is 0 Å². The third-order valence-corrected chi connectivity index (χ3v) is 30.6. The summed E-state index contributed by atoms with van der Waals surface area (Å²) in [7, 11) is -35.4. The van der Waals surface area contributed by atoms with Crippen LogP contribution in [0.15, 0.2) is 260 Å². The minimum Gasteiger partial charge on any atom is -0.302 e. The molecule has 0 bridgehead atoms. The maximum absolute atomic E-state index is 14.5. The van der Waals surface area contributed by atoms with Crippen molar-refractivity contribution in [3.05, 3.63) is 193 Å². The molecule has 8 rings (SSSR count). The summed E-state index contributed by atoms with van der Waals surface area (Å²) < 4.78 is 246. The Morgan fingerprint density at radius 2 is 0.621 bits per heavy atom. The van der Waals surface area contributed by atoms with Gasteiger partial charge in [0, 0.05) is 10.3 Å². The molecule has 0 saturated carbocycles. The quantitative estimate of drug-likeness (QED) is 0.0409. The van der Waals surface area contributed by atoms with E-state index in [9.17, 15) is 80.7 Å². The first-order valence-electron chi connectivity index (χ1n) is 25.3. The monoisotopic (exact) mass is 1370 g/mol. The Bertz CT molecular complexity index is 5050. The SMILES string of the molecule is CC(C)(C)c1ccc(S(=O)(=O)c2ccc(S(=O)(=O)c3ccc(S(=O)(=O)c4ccc(S(=O)(=O)C(C)(C)C(C)(C)c5ccc(S(=O)(=O)c6ccc(S(=O)(=O)c7ccc(S(=O)(=O)c8ccc(S(=O)O)cc8)cc7)cc6)cc5)cc4)cc3)c(S)c2)cc1S(=O)(=O)O. The highest BCUT2D eigenvalue weighted by molar-refractivity contribution is 7.94. The standard InChI is InChI=1S/C58H54O19S10/c1-56(2,3)52-34-32-51(37-55(52)87(75,76)77)84(69,70)50-33-35-54(53(78)36-50)85(71,72)48-26-24-46(25-27-48)83(67,68)47-28-30-49(31-29-47)86(73,74)58(6,7)57(4,5)38-8-12-40(13-9-38)80(61,62)42-16-20-44(21-17-42)82(65,66)45-22-18-43(19-23-45)81(63,64)41-14-10-39(11-15-41)79(59)60/h8-37,78H,1-7H3,(H,59,60)(H,75,76,77). The molecule has 0 fully saturated rings. The van der Waals surface area contributed by atoms with E-state index in [1.165, 1.54) is 56.3 Å². The summed E-state index contributed by atoms with van der Waals surface area (Å²) in [5.74, 6) is 0. The number of hydrogen-bond donors (Lipinski definition) is 3. The molecule has 460 valence electrons. The van der Waals surface area contributed by atoms with Crippen molar-refractivity contribution in [2.45, 2.75) is 142 Å². The molecule has 0 spiro atoms. The lowest BCUT2D eigenvalue weighted by molar-refractivity contribution is 0.384. The van der Waals surface area contributed by atoms with Gasteiger partial charge in [0.1, 0.15) is 0 Å². The summed E-state index contributed by atoms with van der Waals surface area (Å²) in [6.45, 7) is 11.2. The zero-order valence-corrected chi connectivity index (χ0v) is 55.0. The van der Waals surface area contributed by atoms with Crippen LogP contribution in [-0.2, 0) is 101 Å². The molecule has 29 heteroatoms. The molecule has 1 unspecified atom stereocenters. The normalized spacial score (nSPS) is 13.9. The summed E-state index contributed by atoms with van der Waals surface area (Å²) in [5, 5.41) is 0. The van der Waals surface area contributed by atoms with E-state index in [0.29, 0.717) is 5.56 Å². The summed E-state index contributed by atoms with van der Waals surface area (Å²) in [6, 6.07) is 33.2. The zero-order chi connectivity index (χ0) is 64.7. The molecule has 0 aromatic heterocycles. The van der Waals surface area contributed by atoms with Gasteiger partial charge in [-0.25, -0.2) is 63.1 Å². The molecule has 0 saturated heterocycles. The summed E-state index contributed by atoms with van der Waals surface area (Å²) >= 11 is 1.93. The van der Waals surface area contributed by atoms with Crippen molar-refractivity contribution in [2.24, 2.45) is 0 Å². The Hall–Kier alpha value is -6.22. The second-order valence-electron chi connectivity index (χ2n) is 21.8. The van der Waals surface area contributed by atoms with Crippen LogP contribution in [0.2, 0.25) is 0 Å². The molecule has 8 aromatic rings. The van der Waals surface area contributed by atoms with E-state index in [-0.39, 0.29) is 59.4 Å². The lowest BCUT2D eigenvalue weighted by Crippen LogP contribution is -2.49. The Labute approximate surface area is 514 Å². The van der Waals surface area contributed by atoms with Gasteiger partial charge in [0.2, 0.25) is 59.0 Å². The topological polar surface area (TPSA) is 331 Å². The molecule has 1 atom stereocenters. The number of rotatable bonds is 18. The van der Waals surface area contributed by atoms with Crippen molar-refractivity contribution in [2.75, 3.05) is 0 Å². The predicted molar refractivity (Wildman–Crippen MR) is 323 cm³/mol. The average molecular weight is 1380 g/mol. The third-order valence-electron chi connectivity index (χ3n) is 15.1. The van der Waals surface area contributed by atoms with Crippen molar-refractivity contribution in [1.82, 2.24) is 0 Å². The number of sulfone groups is 7. The van der Waals surface area contributed by atoms with E-state index in [0.717, 1.165) is 140 Å². The van der Waals surface area contributed by atoms with Gasteiger partial charge < -0.3 is 4.55 Å². The van der Waals surface area contributed by atoms with Crippen LogP contribution in [-0.4, -0.2) is 85.4 Å². The van der Waals surface area contributed by atoms with E-state index < -0.39 is 130 Å². The minimum absolute atomic E-state index is 0.0221. The first-order valence-corrected chi connectivity index (χ1v) is 38.7. The lowest BCUT2D eigenvalue weighted by Gasteiger charge is -2.41. The van der Waals surface area contributed by atoms with Crippen LogP contribution in [0.5, 0.6) is 0 Å². The highest BCUT2D eigenvalue weighted by Crippen LogP contribution is 2.44. The molecular formula is C58H54O19S10. The molecular weight excluding hydrogens is 1320 g/mol. The molecule has 0 radical (unpaired) electrons. The average Bonchev–Trinajstić information content (AvgIpc) is 0.960. The Balaban J connectivity index is 0.949. The Morgan fingerprint density at radius 1 is 0.345 bits per heavy atom. The molecule has 0 amide bonds. The van der Waals surface area contributed by atoms with Crippen molar-refractivity contribution in [3.63, 3.8) is 0 Å². The van der Waals surface area contributed by atoms with E-state index in [1.807, 2.05) is 0 Å². The van der Waals surface area contributed by atoms with Gasteiger partial charge in [-0.05, 0) is 194 Å². The van der Waals surface area contributed by atoms with Crippen LogP contribution in [0, 0.1) is 0 Å². The first-order chi connectivity index (χ1) is 39.9. The summed E-state index contributed by atoms with van der Waals surface area (Å²) in [6.07, 6.45) is 0. The Morgan fingerprint density at radius 3 is 0.943 bits per heavy atom. The summed E-state index contributed by atoms with van der Waals surface area (Å²) in [5.41, 5.74) is -1.53. The molecule has 87 heavy (non-hydrogen) atoms. The second kappa shape index (κ2) is 23.0. The molecule has 0 aliphatic heterocycles. The van der Waals surface area contributed by atoms with Gasteiger partial charge in [0.15, 0.2) is 20.9 Å². The maximum Gasteiger partial charge on any atom is 0.294 e. The van der Waals surface area contributed by atoms with Gasteiger partial charge in [-0.2, -0.15) is 8.42 Å². The molecule has 2 N–H and O–H groups in total. The zero-order valence-electron chi connectivity index (χ0n) is 46.8. The van der Waals surface area contributed by atoms with Crippen LogP contribution >= 0.6 is 12.6 Å². The highest BCUT2D eigenvalue weighted by atomic mass is 32.2. The molecule has 0 aliphatic rings. The van der Waals surface area contributed by atoms with Crippen LogP contribution in [0.4, 0.5) is 0 Å². The Kier molecular flexibility index (Phi) is 17.6. The number of thiol groups is 1.